The van der Waals surface area contributed by atoms with Crippen LogP contribution in [-0.2, 0) is 9.59 Å². The summed E-state index contributed by atoms with van der Waals surface area (Å²) in [7, 11) is 0. The molecule has 3 aliphatic heterocycles. The van der Waals surface area contributed by atoms with Crippen molar-refractivity contribution in [3.63, 3.8) is 0 Å². The first-order chi connectivity index (χ1) is 12.7. The van der Waals surface area contributed by atoms with Crippen LogP contribution in [-0.4, -0.2) is 42.5 Å². The maximum atomic E-state index is 12.4. The molecule has 0 bridgehead atoms. The molecule has 1 aromatic rings. The average Bonchev–Trinajstić information content (AvgIpc) is 2.69. The Morgan fingerprint density at radius 1 is 0.962 bits per heavy atom. The molecule has 1 N–H and O–H groups in total. The van der Waals surface area contributed by atoms with Crippen molar-refractivity contribution < 1.29 is 9.59 Å². The Bertz CT molecular complexity index is 654. The maximum Gasteiger partial charge on any atom is 0.231 e. The van der Waals surface area contributed by atoms with Crippen LogP contribution >= 0.6 is 0 Å². The molecular weight excluding hydrogens is 328 g/mol. The molecule has 140 valence electrons. The van der Waals surface area contributed by atoms with Crippen molar-refractivity contribution in [2.45, 2.75) is 57.4 Å². The third-order valence-corrected chi connectivity index (χ3v) is 6.04. The molecule has 3 fully saturated rings. The minimum Gasteiger partial charge on any atom is -0.367 e. The van der Waals surface area contributed by atoms with Gasteiger partial charge in [-0.2, -0.15) is 0 Å². The zero-order valence-corrected chi connectivity index (χ0v) is 15.3. The second-order valence-electron chi connectivity index (χ2n) is 7.74. The van der Waals surface area contributed by atoms with E-state index in [1.165, 1.54) is 19.3 Å². The minimum absolute atomic E-state index is 0.101. The highest BCUT2D eigenvalue weighted by molar-refractivity contribution is 5.99. The van der Waals surface area contributed by atoms with Gasteiger partial charge in [-0.15, -0.1) is 0 Å². The van der Waals surface area contributed by atoms with Crippen molar-refractivity contribution in [2.24, 2.45) is 5.92 Å². The van der Waals surface area contributed by atoms with Gasteiger partial charge >= 0.3 is 0 Å². The molecule has 4 heterocycles. The first-order valence-corrected chi connectivity index (χ1v) is 10.0. The smallest absolute Gasteiger partial charge is 0.231 e. The normalized spacial score (nSPS) is 27.4. The van der Waals surface area contributed by atoms with Gasteiger partial charge in [-0.3, -0.25) is 14.9 Å². The quantitative estimate of drug-likeness (QED) is 0.843. The van der Waals surface area contributed by atoms with Crippen LogP contribution < -0.4 is 15.1 Å². The van der Waals surface area contributed by atoms with Crippen molar-refractivity contribution in [3.05, 3.63) is 18.3 Å². The topological polar surface area (TPSA) is 65.5 Å². The summed E-state index contributed by atoms with van der Waals surface area (Å²) < 4.78 is 0. The van der Waals surface area contributed by atoms with E-state index in [-0.39, 0.29) is 23.8 Å². The van der Waals surface area contributed by atoms with Crippen molar-refractivity contribution in [1.82, 2.24) is 10.3 Å². The zero-order chi connectivity index (χ0) is 17.9. The van der Waals surface area contributed by atoms with Crippen LogP contribution in [0.2, 0.25) is 0 Å². The predicted octanol–water partition coefficient (Wildman–Crippen LogP) is 2.48. The monoisotopic (exact) mass is 356 g/mol. The SMILES string of the molecule is O=C1CC[C@H](C2CCCCN2c2ccc(N3CCCCC3)nc2)C(=O)N1. The van der Waals surface area contributed by atoms with Crippen molar-refractivity contribution >= 4 is 23.3 Å². The maximum absolute atomic E-state index is 12.4. The predicted molar refractivity (Wildman–Crippen MR) is 101 cm³/mol. The summed E-state index contributed by atoms with van der Waals surface area (Å²) in [6.45, 7) is 3.14. The summed E-state index contributed by atoms with van der Waals surface area (Å²) in [6.07, 6.45) is 10.2. The lowest BCUT2D eigenvalue weighted by atomic mass is 9.84. The molecule has 0 aromatic carbocycles. The number of hydrogen-bond donors (Lipinski definition) is 1. The number of rotatable bonds is 3. The van der Waals surface area contributed by atoms with Crippen LogP contribution in [0.15, 0.2) is 18.3 Å². The number of nitrogens with zero attached hydrogens (tertiary/aromatic N) is 3. The largest absolute Gasteiger partial charge is 0.367 e. The zero-order valence-electron chi connectivity index (χ0n) is 15.3. The highest BCUT2D eigenvalue weighted by Gasteiger charge is 2.37. The fraction of sp³-hybridized carbons (Fsp3) is 0.650. The third kappa shape index (κ3) is 3.55. The van der Waals surface area contributed by atoms with Gasteiger partial charge < -0.3 is 9.80 Å². The van der Waals surface area contributed by atoms with Gasteiger partial charge in [0.2, 0.25) is 11.8 Å². The van der Waals surface area contributed by atoms with E-state index in [1.54, 1.807) is 0 Å². The van der Waals surface area contributed by atoms with Crippen LogP contribution in [0.4, 0.5) is 11.5 Å². The highest BCUT2D eigenvalue weighted by Crippen LogP contribution is 2.32. The summed E-state index contributed by atoms with van der Waals surface area (Å²) in [6, 6.07) is 4.44. The first kappa shape index (κ1) is 17.3. The van der Waals surface area contributed by atoms with Crippen LogP contribution in [0.5, 0.6) is 0 Å². The second-order valence-corrected chi connectivity index (χ2v) is 7.74. The molecule has 2 amide bonds. The van der Waals surface area contributed by atoms with E-state index in [0.717, 1.165) is 50.4 Å². The average molecular weight is 356 g/mol. The number of anilines is 2. The molecule has 1 aromatic heterocycles. The summed E-state index contributed by atoms with van der Waals surface area (Å²) in [5.41, 5.74) is 1.10. The van der Waals surface area contributed by atoms with Gasteiger partial charge in [-0.05, 0) is 57.1 Å². The lowest BCUT2D eigenvalue weighted by molar-refractivity contribution is -0.137. The van der Waals surface area contributed by atoms with Crippen LogP contribution in [0.3, 0.4) is 0 Å². The van der Waals surface area contributed by atoms with Crippen LogP contribution in [0, 0.1) is 5.92 Å². The number of carbonyl (C=O) groups excluding carboxylic acids is 2. The van der Waals surface area contributed by atoms with E-state index >= 15 is 0 Å². The van der Waals surface area contributed by atoms with Crippen molar-refractivity contribution in [2.75, 3.05) is 29.4 Å². The molecule has 4 rings (SSSR count). The number of carbonyl (C=O) groups is 2. The molecule has 0 radical (unpaired) electrons. The number of aromatic nitrogens is 1. The summed E-state index contributed by atoms with van der Waals surface area (Å²) >= 11 is 0. The highest BCUT2D eigenvalue weighted by atomic mass is 16.2. The Balaban J connectivity index is 1.50. The molecule has 3 saturated heterocycles. The number of pyridine rings is 1. The van der Waals surface area contributed by atoms with Crippen LogP contribution in [0.1, 0.15) is 51.4 Å². The van der Waals surface area contributed by atoms with E-state index in [9.17, 15) is 9.59 Å². The van der Waals surface area contributed by atoms with E-state index in [2.05, 4.69) is 27.2 Å². The molecule has 1 unspecified atom stereocenters. The fourth-order valence-electron chi connectivity index (χ4n) is 4.63. The van der Waals surface area contributed by atoms with Gasteiger partial charge in [0, 0.05) is 32.1 Å². The molecule has 0 aliphatic carbocycles. The summed E-state index contributed by atoms with van der Waals surface area (Å²) in [4.78, 5) is 33.3. The Kier molecular flexibility index (Phi) is 5.09. The van der Waals surface area contributed by atoms with Gasteiger partial charge in [0.05, 0.1) is 17.8 Å². The number of nitrogens with one attached hydrogen (secondary N) is 1. The Hall–Kier alpha value is -2.11. The molecule has 0 spiro atoms. The van der Waals surface area contributed by atoms with E-state index in [4.69, 9.17) is 4.98 Å². The number of imide groups is 1. The molecule has 26 heavy (non-hydrogen) atoms. The number of amides is 2. The lowest BCUT2D eigenvalue weighted by Gasteiger charge is -2.42. The fourth-order valence-corrected chi connectivity index (χ4v) is 4.63. The van der Waals surface area contributed by atoms with Crippen LogP contribution in [0.25, 0.3) is 0 Å². The standard InChI is InChI=1S/C20H28N4O2/c25-19-10-8-16(20(26)22-19)17-6-2-5-13-24(17)15-7-9-18(21-14-15)23-11-3-1-4-12-23/h7,9,14,16-17H,1-6,8,10-13H2,(H,22,25,26)/t16-,17?/m1/s1. The Morgan fingerprint density at radius 2 is 1.77 bits per heavy atom. The van der Waals surface area contributed by atoms with E-state index in [0.29, 0.717) is 12.8 Å². The Morgan fingerprint density at radius 3 is 2.50 bits per heavy atom. The molecule has 0 saturated carbocycles. The first-order valence-electron chi connectivity index (χ1n) is 10.0. The minimum atomic E-state index is -0.138. The Labute approximate surface area is 155 Å². The number of piperidine rings is 3. The van der Waals surface area contributed by atoms with E-state index < -0.39 is 0 Å². The summed E-state index contributed by atoms with van der Waals surface area (Å²) in [5.74, 6) is 0.718. The molecule has 2 atom stereocenters. The summed E-state index contributed by atoms with van der Waals surface area (Å²) in [5, 5.41) is 2.52. The van der Waals surface area contributed by atoms with Gasteiger partial charge in [0.1, 0.15) is 5.82 Å². The second kappa shape index (κ2) is 7.64. The molecule has 6 nitrogen and oxygen atoms in total. The van der Waals surface area contributed by atoms with Crippen molar-refractivity contribution in [1.29, 1.82) is 0 Å². The van der Waals surface area contributed by atoms with Gasteiger partial charge in [-0.25, -0.2) is 4.98 Å². The van der Waals surface area contributed by atoms with Gasteiger partial charge in [0.15, 0.2) is 0 Å². The lowest BCUT2D eigenvalue weighted by Crippen LogP contribution is -2.53. The van der Waals surface area contributed by atoms with Crippen molar-refractivity contribution in [3.8, 4) is 0 Å². The van der Waals surface area contributed by atoms with E-state index in [1.807, 2.05) is 6.20 Å². The molecule has 3 aliphatic rings. The number of hydrogen-bond acceptors (Lipinski definition) is 5. The van der Waals surface area contributed by atoms with Gasteiger partial charge in [0.25, 0.3) is 0 Å². The van der Waals surface area contributed by atoms with Gasteiger partial charge in [-0.1, -0.05) is 0 Å². The molecular formula is C20H28N4O2. The molecule has 6 heteroatoms. The third-order valence-electron chi connectivity index (χ3n) is 6.04.